The molecule has 20 heavy (non-hydrogen) atoms. The number of aromatic amines is 1. The molecule has 0 radical (unpaired) electrons. The molecule has 2 aromatic rings. The van der Waals surface area contributed by atoms with E-state index in [0.29, 0.717) is 11.0 Å². The summed E-state index contributed by atoms with van der Waals surface area (Å²) in [6.07, 6.45) is 0. The highest BCUT2D eigenvalue weighted by Gasteiger charge is 2.09. The van der Waals surface area contributed by atoms with Crippen molar-refractivity contribution in [2.45, 2.75) is 13.5 Å². The van der Waals surface area contributed by atoms with Crippen molar-refractivity contribution < 1.29 is 8.42 Å². The summed E-state index contributed by atoms with van der Waals surface area (Å²) in [6.45, 7) is 1.68. The van der Waals surface area contributed by atoms with E-state index in [0.717, 1.165) is 0 Å². The van der Waals surface area contributed by atoms with E-state index in [1.807, 2.05) is 0 Å². The molecule has 108 valence electrons. The molecule has 0 unspecified atom stereocenters. The van der Waals surface area contributed by atoms with Crippen LogP contribution >= 0.6 is 0 Å². The molecule has 0 aliphatic rings. The zero-order valence-electron chi connectivity index (χ0n) is 10.9. The Morgan fingerprint density at radius 2 is 1.95 bits per heavy atom. The van der Waals surface area contributed by atoms with Gasteiger partial charge >= 0.3 is 11.1 Å². The maximum Gasteiger partial charge on any atom is 0.316 e. The lowest BCUT2D eigenvalue weighted by atomic mass is 10.3. The third kappa shape index (κ3) is 2.97. The van der Waals surface area contributed by atoms with Gasteiger partial charge in [-0.1, -0.05) is 12.1 Å². The number of aromatic nitrogens is 2. The Labute approximate surface area is 115 Å². The van der Waals surface area contributed by atoms with E-state index in [-0.39, 0.29) is 18.8 Å². The Morgan fingerprint density at radius 1 is 1.25 bits per heavy atom. The van der Waals surface area contributed by atoms with Gasteiger partial charge in [0.15, 0.2) is 0 Å². The predicted octanol–water partition coefficient (Wildman–Crippen LogP) is -0.371. The molecule has 0 aliphatic heterocycles. The van der Waals surface area contributed by atoms with Crippen molar-refractivity contribution in [2.75, 3.05) is 12.3 Å². The van der Waals surface area contributed by atoms with Gasteiger partial charge in [0.05, 0.1) is 16.8 Å². The van der Waals surface area contributed by atoms with Gasteiger partial charge in [-0.15, -0.1) is 0 Å². The Kier molecular flexibility index (Phi) is 4.05. The number of rotatable bonds is 5. The fraction of sp³-hybridized carbons (Fsp3) is 0.333. The largest absolute Gasteiger partial charge is 0.316 e. The van der Waals surface area contributed by atoms with Crippen molar-refractivity contribution in [3.8, 4) is 0 Å². The van der Waals surface area contributed by atoms with E-state index in [1.165, 1.54) is 11.5 Å². The van der Waals surface area contributed by atoms with Crippen LogP contribution in [0.15, 0.2) is 33.9 Å². The number of nitrogens with zero attached hydrogens (tertiary/aromatic N) is 1. The van der Waals surface area contributed by atoms with Gasteiger partial charge in [0.2, 0.25) is 10.0 Å². The van der Waals surface area contributed by atoms with Crippen LogP contribution in [0.5, 0.6) is 0 Å². The third-order valence-electron chi connectivity index (χ3n) is 2.92. The van der Waals surface area contributed by atoms with E-state index >= 15 is 0 Å². The summed E-state index contributed by atoms with van der Waals surface area (Å²) < 4.78 is 26.3. The number of benzene rings is 1. The SMILES string of the molecule is CCS(=O)(=O)NCCn1c(=O)c(=O)[nH]c2ccccc21. The molecule has 0 spiro atoms. The molecule has 8 heteroatoms. The molecule has 7 nitrogen and oxygen atoms in total. The standard InChI is InChI=1S/C12H15N3O4S/c1-2-20(18,19)13-7-8-15-10-6-4-3-5-9(10)14-11(16)12(15)17/h3-6,13H,2,7-8H2,1H3,(H,14,16). The van der Waals surface area contributed by atoms with Crippen molar-refractivity contribution in [1.29, 1.82) is 0 Å². The molecule has 0 fully saturated rings. The van der Waals surface area contributed by atoms with Gasteiger partial charge in [-0.3, -0.25) is 9.59 Å². The molecule has 0 amide bonds. The quantitative estimate of drug-likeness (QED) is 0.735. The molecule has 1 heterocycles. The number of para-hydroxylation sites is 2. The lowest BCUT2D eigenvalue weighted by molar-refractivity contribution is 0.573. The molecular formula is C12H15N3O4S. The summed E-state index contributed by atoms with van der Waals surface area (Å²) in [6, 6.07) is 6.86. The monoisotopic (exact) mass is 297 g/mol. The second kappa shape index (κ2) is 5.59. The van der Waals surface area contributed by atoms with Crippen molar-refractivity contribution in [3.63, 3.8) is 0 Å². The van der Waals surface area contributed by atoms with Crippen molar-refractivity contribution in [1.82, 2.24) is 14.3 Å². The van der Waals surface area contributed by atoms with Crippen LogP contribution in [-0.2, 0) is 16.6 Å². The van der Waals surface area contributed by atoms with Crippen LogP contribution in [0, 0.1) is 0 Å². The van der Waals surface area contributed by atoms with Crippen molar-refractivity contribution in [2.24, 2.45) is 0 Å². The molecule has 0 saturated carbocycles. The summed E-state index contributed by atoms with van der Waals surface area (Å²) in [7, 11) is -3.32. The number of H-pyrrole nitrogens is 1. The van der Waals surface area contributed by atoms with Gasteiger partial charge in [-0.25, -0.2) is 13.1 Å². The molecule has 1 aromatic heterocycles. The summed E-state index contributed by atoms with van der Waals surface area (Å²) in [4.78, 5) is 25.9. The molecule has 0 atom stereocenters. The number of hydrogen-bond donors (Lipinski definition) is 2. The van der Waals surface area contributed by atoms with Crippen LogP contribution in [0.4, 0.5) is 0 Å². The van der Waals surface area contributed by atoms with Crippen LogP contribution in [0.3, 0.4) is 0 Å². The Morgan fingerprint density at radius 3 is 2.65 bits per heavy atom. The number of nitrogens with one attached hydrogen (secondary N) is 2. The first-order chi connectivity index (χ1) is 9.44. The minimum atomic E-state index is -3.32. The number of hydrogen-bond acceptors (Lipinski definition) is 4. The lowest BCUT2D eigenvalue weighted by Crippen LogP contribution is -2.39. The molecule has 0 saturated heterocycles. The molecule has 2 N–H and O–H groups in total. The minimum absolute atomic E-state index is 0.0297. The van der Waals surface area contributed by atoms with Crippen LogP contribution in [-0.4, -0.2) is 30.3 Å². The van der Waals surface area contributed by atoms with E-state index < -0.39 is 21.1 Å². The number of fused-ring (bicyclic) bond motifs is 1. The lowest BCUT2D eigenvalue weighted by Gasteiger charge is -2.10. The highest BCUT2D eigenvalue weighted by Crippen LogP contribution is 2.06. The zero-order chi connectivity index (χ0) is 14.8. The Hall–Kier alpha value is -1.93. The summed E-state index contributed by atoms with van der Waals surface area (Å²) >= 11 is 0. The smallest absolute Gasteiger partial charge is 0.316 e. The average Bonchev–Trinajstić information content (AvgIpc) is 2.43. The van der Waals surface area contributed by atoms with E-state index in [9.17, 15) is 18.0 Å². The Bertz CT molecular complexity index is 836. The van der Waals surface area contributed by atoms with Crippen LogP contribution in [0.25, 0.3) is 11.0 Å². The first-order valence-corrected chi connectivity index (χ1v) is 7.79. The van der Waals surface area contributed by atoms with Crippen molar-refractivity contribution in [3.05, 3.63) is 45.0 Å². The fourth-order valence-corrected chi connectivity index (χ4v) is 2.47. The predicted molar refractivity (Wildman–Crippen MR) is 76.3 cm³/mol. The van der Waals surface area contributed by atoms with Crippen LogP contribution < -0.4 is 15.8 Å². The maximum atomic E-state index is 11.8. The fourth-order valence-electron chi connectivity index (χ4n) is 1.86. The van der Waals surface area contributed by atoms with E-state index in [1.54, 1.807) is 24.3 Å². The van der Waals surface area contributed by atoms with E-state index in [2.05, 4.69) is 9.71 Å². The molecule has 0 aliphatic carbocycles. The summed E-state index contributed by atoms with van der Waals surface area (Å²) in [5.41, 5.74) is -0.315. The van der Waals surface area contributed by atoms with Crippen LogP contribution in [0.2, 0.25) is 0 Å². The second-order valence-corrected chi connectivity index (χ2v) is 6.32. The van der Waals surface area contributed by atoms with E-state index in [4.69, 9.17) is 0 Å². The van der Waals surface area contributed by atoms with Gasteiger partial charge in [0.25, 0.3) is 0 Å². The van der Waals surface area contributed by atoms with Crippen molar-refractivity contribution >= 4 is 21.1 Å². The van der Waals surface area contributed by atoms with Crippen LogP contribution in [0.1, 0.15) is 6.92 Å². The van der Waals surface area contributed by atoms with Gasteiger partial charge in [-0.2, -0.15) is 0 Å². The molecular weight excluding hydrogens is 282 g/mol. The summed E-state index contributed by atoms with van der Waals surface area (Å²) in [5, 5.41) is 0. The number of sulfonamides is 1. The Balaban J connectivity index is 2.37. The summed E-state index contributed by atoms with van der Waals surface area (Å²) in [5.74, 6) is -0.0297. The van der Waals surface area contributed by atoms with Gasteiger partial charge in [-0.05, 0) is 19.1 Å². The first-order valence-electron chi connectivity index (χ1n) is 6.14. The second-order valence-electron chi connectivity index (χ2n) is 4.23. The molecule has 1 aromatic carbocycles. The van der Waals surface area contributed by atoms with Gasteiger partial charge in [0, 0.05) is 13.1 Å². The first kappa shape index (κ1) is 14.5. The van der Waals surface area contributed by atoms with Gasteiger partial charge in [0.1, 0.15) is 0 Å². The third-order valence-corrected chi connectivity index (χ3v) is 4.32. The molecule has 0 bridgehead atoms. The topological polar surface area (TPSA) is 101 Å². The zero-order valence-corrected chi connectivity index (χ0v) is 11.7. The average molecular weight is 297 g/mol. The minimum Gasteiger partial charge on any atom is -0.316 e. The highest BCUT2D eigenvalue weighted by molar-refractivity contribution is 7.89. The van der Waals surface area contributed by atoms with Gasteiger partial charge < -0.3 is 9.55 Å². The normalized spacial score (nSPS) is 11.8. The molecule has 2 rings (SSSR count). The maximum absolute atomic E-state index is 11.8. The highest BCUT2D eigenvalue weighted by atomic mass is 32.2.